The smallest absolute Gasteiger partial charge is 0.322 e. The Kier molecular flexibility index (Phi) is 4.86. The van der Waals surface area contributed by atoms with E-state index >= 15 is 0 Å². The number of urea groups is 1. The van der Waals surface area contributed by atoms with Gasteiger partial charge in [0.2, 0.25) is 0 Å². The van der Waals surface area contributed by atoms with Gasteiger partial charge in [0.25, 0.3) is 0 Å². The number of hydrogen-bond acceptors (Lipinski definition) is 2. The van der Waals surface area contributed by atoms with Gasteiger partial charge in [-0.2, -0.15) is 5.10 Å². The van der Waals surface area contributed by atoms with Gasteiger partial charge in [-0.1, -0.05) is 18.5 Å². The van der Waals surface area contributed by atoms with Gasteiger partial charge in [-0.15, -0.1) is 0 Å². The number of anilines is 1. The number of carbonyl (C=O) groups excluding carboxylic acids is 1. The Morgan fingerprint density at radius 1 is 1.43 bits per heavy atom. The monoisotopic (exact) mass is 332 g/mol. The lowest BCUT2D eigenvalue weighted by molar-refractivity contribution is 0.160. The number of benzene rings is 1. The molecule has 1 aromatic carbocycles. The molecule has 2 heterocycles. The van der Waals surface area contributed by atoms with E-state index in [1.54, 1.807) is 16.9 Å². The van der Waals surface area contributed by atoms with Crippen molar-refractivity contribution in [1.29, 1.82) is 0 Å². The minimum absolute atomic E-state index is 0.0422. The Balaban J connectivity index is 1.72. The van der Waals surface area contributed by atoms with E-state index in [0.717, 1.165) is 31.5 Å². The first-order valence-electron chi connectivity index (χ1n) is 8.06. The molecule has 1 aromatic heterocycles. The Bertz CT molecular complexity index is 671. The summed E-state index contributed by atoms with van der Waals surface area (Å²) in [7, 11) is 0. The number of nitrogens with zero attached hydrogens (tertiary/aromatic N) is 3. The van der Waals surface area contributed by atoms with Crippen LogP contribution in [0.15, 0.2) is 36.7 Å². The minimum Gasteiger partial charge on any atom is -0.322 e. The van der Waals surface area contributed by atoms with E-state index in [2.05, 4.69) is 17.3 Å². The van der Waals surface area contributed by atoms with Crippen LogP contribution in [-0.4, -0.2) is 33.3 Å². The number of amides is 2. The molecule has 2 aromatic rings. The molecule has 0 radical (unpaired) electrons. The predicted molar refractivity (Wildman–Crippen MR) is 92.2 cm³/mol. The van der Waals surface area contributed by atoms with Crippen LogP contribution in [0.4, 0.5) is 10.5 Å². The largest absolute Gasteiger partial charge is 0.322 e. The molecule has 1 atom stereocenters. The van der Waals surface area contributed by atoms with Gasteiger partial charge in [-0.05, 0) is 49.9 Å². The summed E-state index contributed by atoms with van der Waals surface area (Å²) in [5.74, 6) is 0. The van der Waals surface area contributed by atoms with Crippen LogP contribution >= 0.6 is 11.6 Å². The van der Waals surface area contributed by atoms with Crippen LogP contribution in [0.25, 0.3) is 5.69 Å². The van der Waals surface area contributed by atoms with Crippen molar-refractivity contribution in [2.45, 2.75) is 38.6 Å². The fraction of sp³-hybridized carbons (Fsp3) is 0.412. The number of likely N-dealkylation sites (tertiary alicyclic amines) is 1. The van der Waals surface area contributed by atoms with Gasteiger partial charge in [0.05, 0.1) is 10.7 Å². The van der Waals surface area contributed by atoms with Crippen molar-refractivity contribution >= 4 is 23.3 Å². The highest BCUT2D eigenvalue weighted by Gasteiger charge is 2.25. The molecule has 0 bridgehead atoms. The van der Waals surface area contributed by atoms with E-state index in [1.165, 1.54) is 6.42 Å². The third-order valence-corrected chi connectivity index (χ3v) is 4.61. The molecule has 3 rings (SSSR count). The van der Waals surface area contributed by atoms with Gasteiger partial charge >= 0.3 is 6.03 Å². The van der Waals surface area contributed by atoms with E-state index in [9.17, 15) is 4.79 Å². The van der Waals surface area contributed by atoms with Crippen molar-refractivity contribution in [3.05, 3.63) is 41.7 Å². The van der Waals surface area contributed by atoms with Crippen LogP contribution in [0.2, 0.25) is 5.02 Å². The molecule has 1 saturated heterocycles. The molecule has 23 heavy (non-hydrogen) atoms. The van der Waals surface area contributed by atoms with Crippen LogP contribution in [0.3, 0.4) is 0 Å². The third-order valence-electron chi connectivity index (χ3n) is 4.31. The summed E-state index contributed by atoms with van der Waals surface area (Å²) >= 11 is 6.32. The second-order valence-corrected chi connectivity index (χ2v) is 6.21. The first kappa shape index (κ1) is 15.9. The average Bonchev–Trinajstić information content (AvgIpc) is 3.09. The molecule has 0 spiro atoms. The second-order valence-electron chi connectivity index (χ2n) is 5.80. The maximum absolute atomic E-state index is 12.5. The Morgan fingerprint density at radius 2 is 2.30 bits per heavy atom. The summed E-state index contributed by atoms with van der Waals surface area (Å²) in [6, 6.07) is 7.61. The molecular weight excluding hydrogens is 312 g/mol. The topological polar surface area (TPSA) is 50.2 Å². The molecule has 0 aliphatic carbocycles. The number of rotatable bonds is 3. The van der Waals surface area contributed by atoms with E-state index in [1.807, 2.05) is 29.3 Å². The highest BCUT2D eigenvalue weighted by Crippen LogP contribution is 2.25. The Hall–Kier alpha value is -2.01. The molecule has 6 heteroatoms. The van der Waals surface area contributed by atoms with Crippen molar-refractivity contribution in [3.8, 4) is 5.69 Å². The highest BCUT2D eigenvalue weighted by molar-refractivity contribution is 6.32. The van der Waals surface area contributed by atoms with Crippen molar-refractivity contribution in [3.63, 3.8) is 0 Å². The van der Waals surface area contributed by atoms with Gasteiger partial charge in [-0.25, -0.2) is 9.48 Å². The fourth-order valence-corrected chi connectivity index (χ4v) is 3.34. The van der Waals surface area contributed by atoms with Gasteiger partial charge < -0.3 is 10.2 Å². The standard InChI is InChI=1S/C17H21ClN4O/c1-2-14-6-3-4-10-21(14)17(23)20-13-7-8-16(15(18)12-13)22-11-5-9-19-22/h5,7-9,11-12,14H,2-4,6,10H2,1H3,(H,20,23). The van der Waals surface area contributed by atoms with Gasteiger partial charge in [0.15, 0.2) is 0 Å². The molecule has 0 saturated carbocycles. The molecule has 5 nitrogen and oxygen atoms in total. The van der Waals surface area contributed by atoms with Crippen LogP contribution in [-0.2, 0) is 0 Å². The van der Waals surface area contributed by atoms with Crippen LogP contribution in [0.1, 0.15) is 32.6 Å². The zero-order valence-electron chi connectivity index (χ0n) is 13.2. The molecule has 122 valence electrons. The summed E-state index contributed by atoms with van der Waals surface area (Å²) in [5, 5.41) is 7.68. The zero-order valence-corrected chi connectivity index (χ0v) is 14.0. The van der Waals surface area contributed by atoms with E-state index in [4.69, 9.17) is 11.6 Å². The van der Waals surface area contributed by atoms with Crippen molar-refractivity contribution in [2.24, 2.45) is 0 Å². The number of carbonyl (C=O) groups is 1. The average molecular weight is 333 g/mol. The summed E-state index contributed by atoms with van der Waals surface area (Å²) in [4.78, 5) is 14.5. The summed E-state index contributed by atoms with van der Waals surface area (Å²) in [6.07, 6.45) is 7.89. The number of hydrogen-bond donors (Lipinski definition) is 1. The third kappa shape index (κ3) is 3.50. The number of nitrogens with one attached hydrogen (secondary N) is 1. The summed E-state index contributed by atoms with van der Waals surface area (Å²) in [6.45, 7) is 2.95. The second kappa shape index (κ2) is 7.04. The lowest BCUT2D eigenvalue weighted by atomic mass is 10.0. The lowest BCUT2D eigenvalue weighted by Gasteiger charge is -2.35. The van der Waals surface area contributed by atoms with Crippen molar-refractivity contribution in [2.75, 3.05) is 11.9 Å². The Labute approximate surface area is 141 Å². The maximum atomic E-state index is 12.5. The molecule has 1 unspecified atom stereocenters. The van der Waals surface area contributed by atoms with Crippen molar-refractivity contribution < 1.29 is 4.79 Å². The van der Waals surface area contributed by atoms with Gasteiger partial charge in [0.1, 0.15) is 0 Å². The molecule has 1 N–H and O–H groups in total. The zero-order chi connectivity index (χ0) is 16.2. The highest BCUT2D eigenvalue weighted by atomic mass is 35.5. The predicted octanol–water partition coefficient (Wildman–Crippen LogP) is 4.32. The number of aromatic nitrogens is 2. The van der Waals surface area contributed by atoms with Crippen LogP contribution < -0.4 is 5.32 Å². The summed E-state index contributed by atoms with van der Waals surface area (Å²) in [5.41, 5.74) is 1.50. The van der Waals surface area contributed by atoms with Crippen molar-refractivity contribution in [1.82, 2.24) is 14.7 Å². The first-order valence-corrected chi connectivity index (χ1v) is 8.44. The van der Waals surface area contributed by atoms with E-state index in [0.29, 0.717) is 16.8 Å². The van der Waals surface area contributed by atoms with E-state index < -0.39 is 0 Å². The first-order chi connectivity index (χ1) is 11.2. The minimum atomic E-state index is -0.0422. The van der Waals surface area contributed by atoms with Crippen LogP contribution in [0, 0.1) is 0 Å². The molecule has 1 aliphatic heterocycles. The quantitative estimate of drug-likeness (QED) is 0.909. The molecule has 1 aliphatic rings. The molecule has 2 amide bonds. The van der Waals surface area contributed by atoms with Gasteiger partial charge in [0, 0.05) is 30.7 Å². The Morgan fingerprint density at radius 3 is 3.00 bits per heavy atom. The SMILES string of the molecule is CCC1CCCCN1C(=O)Nc1ccc(-n2cccn2)c(Cl)c1. The molecule has 1 fully saturated rings. The van der Waals surface area contributed by atoms with Crippen LogP contribution in [0.5, 0.6) is 0 Å². The normalized spacial score (nSPS) is 18.0. The van der Waals surface area contributed by atoms with E-state index in [-0.39, 0.29) is 6.03 Å². The summed E-state index contributed by atoms with van der Waals surface area (Å²) < 4.78 is 1.70. The lowest BCUT2D eigenvalue weighted by Crippen LogP contribution is -2.45. The number of piperidine rings is 1. The molecular formula is C17H21ClN4O. The fourth-order valence-electron chi connectivity index (χ4n) is 3.07. The van der Waals surface area contributed by atoms with Gasteiger partial charge in [-0.3, -0.25) is 0 Å². The maximum Gasteiger partial charge on any atom is 0.322 e. The number of halogens is 1.